The van der Waals surface area contributed by atoms with Crippen LogP contribution in [-0.4, -0.2) is 19.8 Å². The molecule has 110 valence electrons. The van der Waals surface area contributed by atoms with Gasteiger partial charge in [-0.2, -0.15) is 0 Å². The van der Waals surface area contributed by atoms with Crippen molar-refractivity contribution < 1.29 is 9.61 Å². The highest BCUT2D eigenvalue weighted by Crippen LogP contribution is 2.20. The minimum atomic E-state index is -0.408. The van der Waals surface area contributed by atoms with E-state index in [1.807, 2.05) is 31.4 Å². The molecule has 0 saturated heterocycles. The third kappa shape index (κ3) is 2.83. The Kier molecular flexibility index (Phi) is 3.61. The molecular weight excluding hydrogens is 282 g/mol. The monoisotopic (exact) mass is 296 g/mol. The molecule has 0 unspecified atom stereocenters. The lowest BCUT2D eigenvalue weighted by Crippen LogP contribution is -2.36. The van der Waals surface area contributed by atoms with Crippen LogP contribution in [0.1, 0.15) is 5.69 Å². The van der Waals surface area contributed by atoms with Gasteiger partial charge in [-0.1, -0.05) is 6.07 Å². The van der Waals surface area contributed by atoms with E-state index in [0.717, 1.165) is 17.0 Å². The highest BCUT2D eigenvalue weighted by Gasteiger charge is 2.16. The molecule has 0 radical (unpaired) electrons. The summed E-state index contributed by atoms with van der Waals surface area (Å²) in [6.45, 7) is 0.571. The number of rotatable bonds is 4. The van der Waals surface area contributed by atoms with Crippen LogP contribution >= 0.6 is 0 Å². The van der Waals surface area contributed by atoms with Crippen LogP contribution in [0.2, 0.25) is 0 Å². The van der Waals surface area contributed by atoms with E-state index in [0.29, 0.717) is 6.54 Å². The number of nitrogens with zero attached hydrogens (tertiary/aromatic N) is 5. The SMILES string of the molecule is Cn1n[n+](Cc2ccccn2)cc1-c1ccc([N+](=O)[O-])cc1. The molecular formula is C15H14N5O2+. The Morgan fingerprint density at radius 2 is 2.00 bits per heavy atom. The predicted octanol–water partition coefficient (Wildman–Crippen LogP) is 1.73. The molecule has 22 heavy (non-hydrogen) atoms. The summed E-state index contributed by atoms with van der Waals surface area (Å²) in [4.78, 5) is 14.6. The minimum Gasteiger partial charge on any atom is -0.258 e. The molecule has 0 fully saturated rings. The highest BCUT2D eigenvalue weighted by atomic mass is 16.6. The van der Waals surface area contributed by atoms with E-state index >= 15 is 0 Å². The normalized spacial score (nSPS) is 10.6. The van der Waals surface area contributed by atoms with E-state index in [4.69, 9.17) is 0 Å². The van der Waals surface area contributed by atoms with Gasteiger partial charge in [0, 0.05) is 23.9 Å². The molecule has 7 heteroatoms. The van der Waals surface area contributed by atoms with E-state index in [9.17, 15) is 10.1 Å². The van der Waals surface area contributed by atoms with Gasteiger partial charge in [0.1, 0.15) is 7.05 Å². The molecule has 1 aromatic carbocycles. The number of aryl methyl sites for hydroxylation is 1. The summed E-state index contributed by atoms with van der Waals surface area (Å²) in [6.07, 6.45) is 3.64. The van der Waals surface area contributed by atoms with Crippen molar-refractivity contribution in [3.63, 3.8) is 0 Å². The quantitative estimate of drug-likeness (QED) is 0.417. The molecule has 0 aliphatic carbocycles. The van der Waals surface area contributed by atoms with Gasteiger partial charge in [0.05, 0.1) is 15.8 Å². The molecule has 0 amide bonds. The lowest BCUT2D eigenvalue weighted by atomic mass is 10.1. The van der Waals surface area contributed by atoms with Crippen molar-refractivity contribution in [2.45, 2.75) is 6.54 Å². The average molecular weight is 296 g/mol. The predicted molar refractivity (Wildman–Crippen MR) is 78.8 cm³/mol. The minimum absolute atomic E-state index is 0.0762. The number of non-ortho nitro benzene ring substituents is 1. The summed E-state index contributed by atoms with van der Waals surface area (Å²) in [7, 11) is 1.84. The molecule has 3 rings (SSSR count). The standard InChI is InChI=1S/C15H14N5O2/c1-18-15(12-5-7-14(8-6-12)20(21)22)11-19(17-18)10-13-4-2-3-9-16-13/h2-9,11H,10H2,1H3/q+1. The van der Waals surface area contributed by atoms with Crippen LogP contribution in [-0.2, 0) is 13.6 Å². The molecule has 2 aromatic heterocycles. The largest absolute Gasteiger partial charge is 0.269 e. The first-order valence-corrected chi connectivity index (χ1v) is 6.72. The maximum Gasteiger partial charge on any atom is 0.269 e. The Labute approximate surface area is 126 Å². The molecule has 7 nitrogen and oxygen atoms in total. The molecule has 0 aliphatic heterocycles. The van der Waals surface area contributed by atoms with E-state index in [1.165, 1.54) is 12.1 Å². The summed E-state index contributed by atoms with van der Waals surface area (Å²) in [6, 6.07) is 12.2. The van der Waals surface area contributed by atoms with Crippen molar-refractivity contribution in [2.24, 2.45) is 7.05 Å². The Morgan fingerprint density at radius 1 is 1.23 bits per heavy atom. The lowest BCUT2D eigenvalue weighted by Gasteiger charge is -1.95. The average Bonchev–Trinajstić information content (AvgIpc) is 2.89. The fourth-order valence-corrected chi connectivity index (χ4v) is 2.22. The second-order valence-electron chi connectivity index (χ2n) is 4.85. The first kappa shape index (κ1) is 13.9. The van der Waals surface area contributed by atoms with Crippen LogP contribution in [0.15, 0.2) is 54.9 Å². The van der Waals surface area contributed by atoms with Gasteiger partial charge in [-0.3, -0.25) is 15.1 Å². The molecule has 0 N–H and O–H groups in total. The Morgan fingerprint density at radius 3 is 2.64 bits per heavy atom. The fourth-order valence-electron chi connectivity index (χ4n) is 2.22. The first-order chi connectivity index (χ1) is 10.6. The van der Waals surface area contributed by atoms with E-state index < -0.39 is 4.92 Å². The maximum absolute atomic E-state index is 10.7. The zero-order chi connectivity index (χ0) is 15.5. The second-order valence-corrected chi connectivity index (χ2v) is 4.85. The van der Waals surface area contributed by atoms with Crippen molar-refractivity contribution in [2.75, 3.05) is 0 Å². The number of aromatic nitrogens is 4. The van der Waals surface area contributed by atoms with Crippen molar-refractivity contribution in [1.82, 2.24) is 14.9 Å². The molecule has 3 aromatic rings. The van der Waals surface area contributed by atoms with Crippen LogP contribution in [0.5, 0.6) is 0 Å². The maximum atomic E-state index is 10.7. The summed E-state index contributed by atoms with van der Waals surface area (Å²) in [5, 5.41) is 15.1. The van der Waals surface area contributed by atoms with Crippen LogP contribution in [0.3, 0.4) is 0 Å². The molecule has 0 bridgehead atoms. The van der Waals surface area contributed by atoms with Crippen molar-refractivity contribution >= 4 is 5.69 Å². The number of pyridine rings is 1. The van der Waals surface area contributed by atoms with Crippen molar-refractivity contribution in [1.29, 1.82) is 0 Å². The molecule has 2 heterocycles. The third-order valence-corrected chi connectivity index (χ3v) is 3.29. The van der Waals surface area contributed by atoms with Gasteiger partial charge in [-0.15, -0.1) is 9.36 Å². The zero-order valence-corrected chi connectivity index (χ0v) is 12.0. The van der Waals surface area contributed by atoms with E-state index in [-0.39, 0.29) is 5.69 Å². The number of hydrogen-bond acceptors (Lipinski definition) is 4. The Bertz CT molecular complexity index is 797. The van der Waals surface area contributed by atoms with Gasteiger partial charge < -0.3 is 0 Å². The summed E-state index contributed by atoms with van der Waals surface area (Å²) in [5.74, 6) is 0. The molecule has 0 aliphatic rings. The highest BCUT2D eigenvalue weighted by molar-refractivity contribution is 5.59. The number of nitro groups is 1. The molecule has 0 atom stereocenters. The van der Waals surface area contributed by atoms with Crippen LogP contribution in [0.4, 0.5) is 5.69 Å². The summed E-state index contributed by atoms with van der Waals surface area (Å²) >= 11 is 0. The van der Waals surface area contributed by atoms with Crippen LogP contribution < -0.4 is 4.68 Å². The number of benzene rings is 1. The number of hydrogen-bond donors (Lipinski definition) is 0. The Hall–Kier alpha value is -3.09. The van der Waals surface area contributed by atoms with Gasteiger partial charge in [-0.05, 0) is 24.3 Å². The van der Waals surface area contributed by atoms with Crippen LogP contribution in [0, 0.1) is 10.1 Å². The van der Waals surface area contributed by atoms with E-state index in [1.54, 1.807) is 27.7 Å². The first-order valence-electron chi connectivity index (χ1n) is 6.72. The number of nitro benzene ring substituents is 1. The third-order valence-electron chi connectivity index (χ3n) is 3.29. The van der Waals surface area contributed by atoms with Gasteiger partial charge in [0.25, 0.3) is 5.69 Å². The fraction of sp³-hybridized carbons (Fsp3) is 0.133. The lowest BCUT2D eigenvalue weighted by molar-refractivity contribution is -0.747. The topological polar surface area (TPSA) is 77.7 Å². The van der Waals surface area contributed by atoms with E-state index in [2.05, 4.69) is 10.2 Å². The second kappa shape index (κ2) is 5.72. The van der Waals surface area contributed by atoms with Gasteiger partial charge >= 0.3 is 0 Å². The van der Waals surface area contributed by atoms with Gasteiger partial charge in [0.15, 0.2) is 18.4 Å². The van der Waals surface area contributed by atoms with Gasteiger partial charge in [0.2, 0.25) is 0 Å². The van der Waals surface area contributed by atoms with Crippen molar-refractivity contribution in [3.05, 3.63) is 70.7 Å². The smallest absolute Gasteiger partial charge is 0.258 e. The summed E-state index contributed by atoms with van der Waals surface area (Å²) < 4.78 is 3.53. The molecule has 0 spiro atoms. The van der Waals surface area contributed by atoms with Crippen LogP contribution in [0.25, 0.3) is 11.3 Å². The Balaban J connectivity index is 1.87. The molecule has 0 saturated carbocycles. The zero-order valence-electron chi connectivity index (χ0n) is 12.0. The summed E-state index contributed by atoms with van der Waals surface area (Å²) in [5.41, 5.74) is 2.75. The van der Waals surface area contributed by atoms with Gasteiger partial charge in [-0.25, -0.2) is 0 Å². The van der Waals surface area contributed by atoms with Crippen molar-refractivity contribution in [3.8, 4) is 11.3 Å².